The van der Waals surface area contributed by atoms with E-state index in [1.807, 2.05) is 64.2 Å². The quantitative estimate of drug-likeness (QED) is 0.390. The number of hydrogen-bond acceptors (Lipinski definition) is 4. The summed E-state index contributed by atoms with van der Waals surface area (Å²) in [6.07, 6.45) is 8.67. The van der Waals surface area contributed by atoms with Gasteiger partial charge in [0.15, 0.2) is 0 Å². The van der Waals surface area contributed by atoms with Gasteiger partial charge in [-0.3, -0.25) is 14.5 Å². The van der Waals surface area contributed by atoms with E-state index in [0.29, 0.717) is 23.4 Å². The van der Waals surface area contributed by atoms with Crippen molar-refractivity contribution in [3.8, 4) is 0 Å². The number of hydrogen-bond donors (Lipinski definition) is 1. The molecule has 1 spiro atoms. The fourth-order valence-corrected chi connectivity index (χ4v) is 6.92. The van der Waals surface area contributed by atoms with Gasteiger partial charge in [0.1, 0.15) is 5.65 Å². The highest BCUT2D eigenvalue weighted by Gasteiger charge is 2.48. The first-order valence-electron chi connectivity index (χ1n) is 14.4. The van der Waals surface area contributed by atoms with Crippen molar-refractivity contribution in [2.45, 2.75) is 45.1 Å². The number of aryl methyl sites for hydroxylation is 2. The Morgan fingerprint density at radius 2 is 1.82 bits per heavy atom. The van der Waals surface area contributed by atoms with Crippen LogP contribution in [-0.2, 0) is 17.6 Å². The van der Waals surface area contributed by atoms with Gasteiger partial charge in [0.2, 0.25) is 5.91 Å². The third-order valence-electron chi connectivity index (χ3n) is 9.18. The zero-order chi connectivity index (χ0) is 27.3. The maximum absolute atomic E-state index is 13.1. The molecule has 2 aliphatic heterocycles. The third-order valence-corrected chi connectivity index (χ3v) is 9.18. The molecule has 0 radical (unpaired) electrons. The summed E-state index contributed by atoms with van der Waals surface area (Å²) in [5.41, 5.74) is 7.54. The summed E-state index contributed by atoms with van der Waals surface area (Å²) in [6, 6.07) is 20.3. The largest absolute Gasteiger partial charge is 0.342 e. The maximum atomic E-state index is 13.1. The van der Waals surface area contributed by atoms with Crippen LogP contribution in [0.2, 0.25) is 0 Å². The summed E-state index contributed by atoms with van der Waals surface area (Å²) >= 11 is 0. The molecule has 2 fully saturated rings. The highest BCUT2D eigenvalue weighted by atomic mass is 16.2. The molecule has 1 atom stereocenters. The fraction of sp³-hybridized carbons (Fsp3) is 0.364. The zero-order valence-corrected chi connectivity index (χ0v) is 23.0. The first-order chi connectivity index (χ1) is 19.4. The average Bonchev–Trinajstić information content (AvgIpc) is 3.55. The van der Waals surface area contributed by atoms with Crippen LogP contribution in [0.4, 0.5) is 5.69 Å². The van der Waals surface area contributed by atoms with E-state index in [1.165, 1.54) is 16.7 Å². The number of pyridine rings is 1. The van der Waals surface area contributed by atoms with Gasteiger partial charge in [-0.15, -0.1) is 0 Å². The van der Waals surface area contributed by atoms with Crippen LogP contribution in [0.5, 0.6) is 0 Å². The minimum absolute atomic E-state index is 0.0713. The molecule has 204 valence electrons. The SMILES string of the molecule is Cc1ccn2cc(CC(=O)N3CCC4(CC3)CN(C3CCc5cc(NC(=O)c6ccccc6)ccc53)C4)nc2c1. The summed E-state index contributed by atoms with van der Waals surface area (Å²) < 4.78 is 1.99. The van der Waals surface area contributed by atoms with E-state index in [9.17, 15) is 9.59 Å². The van der Waals surface area contributed by atoms with Crippen molar-refractivity contribution < 1.29 is 9.59 Å². The normalized spacial score (nSPS) is 19.9. The van der Waals surface area contributed by atoms with Crippen molar-refractivity contribution in [1.29, 1.82) is 0 Å². The van der Waals surface area contributed by atoms with E-state index in [1.54, 1.807) is 0 Å². The number of piperidine rings is 1. The Bertz CT molecular complexity index is 1580. The molecule has 2 saturated heterocycles. The predicted octanol–water partition coefficient (Wildman–Crippen LogP) is 5.05. The summed E-state index contributed by atoms with van der Waals surface area (Å²) in [5.74, 6) is 0.115. The van der Waals surface area contributed by atoms with Crippen molar-refractivity contribution in [3.63, 3.8) is 0 Å². The van der Waals surface area contributed by atoms with Crippen LogP contribution >= 0.6 is 0 Å². The number of amides is 2. The molecule has 0 saturated carbocycles. The molecule has 3 aliphatic rings. The van der Waals surface area contributed by atoms with Crippen LogP contribution < -0.4 is 5.32 Å². The molecular weight excluding hydrogens is 498 g/mol. The number of rotatable bonds is 5. The van der Waals surface area contributed by atoms with Gasteiger partial charge in [-0.1, -0.05) is 24.3 Å². The van der Waals surface area contributed by atoms with E-state index in [2.05, 4.69) is 40.3 Å². The average molecular weight is 534 g/mol. The van der Waals surface area contributed by atoms with Crippen LogP contribution in [0.25, 0.3) is 5.65 Å². The molecule has 2 aromatic carbocycles. The van der Waals surface area contributed by atoms with E-state index >= 15 is 0 Å². The van der Waals surface area contributed by atoms with E-state index < -0.39 is 0 Å². The van der Waals surface area contributed by atoms with Gasteiger partial charge in [0, 0.05) is 55.9 Å². The van der Waals surface area contributed by atoms with Gasteiger partial charge < -0.3 is 14.6 Å². The molecule has 4 heterocycles. The summed E-state index contributed by atoms with van der Waals surface area (Å²) in [5, 5.41) is 3.05. The minimum Gasteiger partial charge on any atom is -0.342 e. The fourth-order valence-electron chi connectivity index (χ4n) is 6.92. The van der Waals surface area contributed by atoms with E-state index in [4.69, 9.17) is 0 Å². The second-order valence-electron chi connectivity index (χ2n) is 12.0. The van der Waals surface area contributed by atoms with Gasteiger partial charge in [-0.25, -0.2) is 4.98 Å². The number of imidazole rings is 1. The standard InChI is InChI=1S/C33H35N5O2/c1-23-11-14-37-20-27(34-30(37)17-23)19-31(39)36-15-12-33(13-16-36)21-38(22-33)29-10-7-25-18-26(8-9-28(25)29)35-32(40)24-5-3-2-4-6-24/h2-6,8-9,11,14,17-18,20,29H,7,10,12-13,15-16,19,21-22H2,1H3,(H,35,40). The van der Waals surface area contributed by atoms with Crippen molar-refractivity contribution in [2.75, 3.05) is 31.5 Å². The molecule has 7 nitrogen and oxygen atoms in total. The van der Waals surface area contributed by atoms with Gasteiger partial charge in [0.05, 0.1) is 12.1 Å². The maximum Gasteiger partial charge on any atom is 0.255 e. The predicted molar refractivity (Wildman–Crippen MR) is 155 cm³/mol. The molecule has 40 heavy (non-hydrogen) atoms. The van der Waals surface area contributed by atoms with Crippen LogP contribution in [0.3, 0.4) is 0 Å². The summed E-state index contributed by atoms with van der Waals surface area (Å²) in [4.78, 5) is 35.0. The molecule has 2 amide bonds. The number of aromatic nitrogens is 2. The number of benzene rings is 2. The third kappa shape index (κ3) is 4.68. The highest BCUT2D eigenvalue weighted by molar-refractivity contribution is 6.04. The number of nitrogens with one attached hydrogen (secondary N) is 1. The molecule has 4 aromatic rings. The van der Waals surface area contributed by atoms with E-state index in [-0.39, 0.29) is 11.8 Å². The van der Waals surface area contributed by atoms with Gasteiger partial charge in [-0.2, -0.15) is 0 Å². The second-order valence-corrected chi connectivity index (χ2v) is 12.0. The lowest BCUT2D eigenvalue weighted by molar-refractivity contribution is -0.136. The van der Waals surface area contributed by atoms with Crippen molar-refractivity contribution in [3.05, 3.63) is 101 Å². The lowest BCUT2D eigenvalue weighted by Crippen LogP contribution is -2.61. The first kappa shape index (κ1) is 25.0. The van der Waals surface area contributed by atoms with Gasteiger partial charge in [0.25, 0.3) is 5.91 Å². The Hall–Kier alpha value is -3.97. The molecule has 2 aromatic heterocycles. The Morgan fingerprint density at radius 3 is 2.62 bits per heavy atom. The number of likely N-dealkylation sites (tertiary alicyclic amines) is 2. The number of nitrogens with zero attached hydrogens (tertiary/aromatic N) is 4. The van der Waals surface area contributed by atoms with Crippen molar-refractivity contribution in [2.24, 2.45) is 5.41 Å². The zero-order valence-electron chi connectivity index (χ0n) is 23.0. The first-order valence-corrected chi connectivity index (χ1v) is 14.4. The van der Waals surface area contributed by atoms with Gasteiger partial charge >= 0.3 is 0 Å². The molecule has 1 unspecified atom stereocenters. The summed E-state index contributed by atoms with van der Waals surface area (Å²) in [7, 11) is 0. The molecule has 0 bridgehead atoms. The molecule has 7 rings (SSSR count). The topological polar surface area (TPSA) is 70.0 Å². The number of fused-ring (bicyclic) bond motifs is 2. The van der Waals surface area contributed by atoms with E-state index in [0.717, 1.165) is 68.9 Å². The van der Waals surface area contributed by atoms with Gasteiger partial charge in [-0.05, 0) is 91.1 Å². The van der Waals surface area contributed by atoms with Crippen LogP contribution in [0.15, 0.2) is 73.1 Å². The number of anilines is 1. The van der Waals surface area contributed by atoms with Crippen molar-refractivity contribution >= 4 is 23.1 Å². The summed E-state index contributed by atoms with van der Waals surface area (Å²) in [6.45, 7) is 5.95. The van der Waals surface area contributed by atoms with Crippen LogP contribution in [0.1, 0.15) is 58.0 Å². The smallest absolute Gasteiger partial charge is 0.255 e. The molecule has 1 aliphatic carbocycles. The minimum atomic E-state index is -0.0713. The van der Waals surface area contributed by atoms with Crippen LogP contribution in [0, 0.1) is 12.3 Å². The molecule has 1 N–H and O–H groups in total. The molecular formula is C33H35N5O2. The highest BCUT2D eigenvalue weighted by Crippen LogP contribution is 2.48. The lowest BCUT2D eigenvalue weighted by Gasteiger charge is -2.56. The Balaban J connectivity index is 0.924. The Morgan fingerprint density at radius 1 is 1.02 bits per heavy atom. The Labute approximate surface area is 234 Å². The lowest BCUT2D eigenvalue weighted by atomic mass is 9.71. The number of carbonyl (C=O) groups excluding carboxylic acids is 2. The van der Waals surface area contributed by atoms with Crippen molar-refractivity contribution in [1.82, 2.24) is 19.2 Å². The second kappa shape index (κ2) is 9.89. The Kier molecular flexibility index (Phi) is 6.19. The number of carbonyl (C=O) groups is 2. The van der Waals surface area contributed by atoms with Crippen LogP contribution in [-0.4, -0.2) is 57.2 Å². The molecule has 7 heteroatoms. The monoisotopic (exact) mass is 533 g/mol.